The van der Waals surface area contributed by atoms with Crippen LogP contribution in [0.4, 0.5) is 0 Å². The third kappa shape index (κ3) is 3.91. The van der Waals surface area contributed by atoms with Crippen LogP contribution in [-0.4, -0.2) is 45.3 Å². The van der Waals surface area contributed by atoms with E-state index in [0.29, 0.717) is 29.6 Å². The molecule has 0 saturated heterocycles. The fraction of sp³-hybridized carbons (Fsp3) is 0.929. The first-order chi connectivity index (χ1) is 15.0. The Morgan fingerprint density at radius 2 is 1.53 bits per heavy atom. The van der Waals surface area contributed by atoms with Crippen molar-refractivity contribution in [1.82, 2.24) is 0 Å². The van der Waals surface area contributed by atoms with Gasteiger partial charge >= 0.3 is 0 Å². The van der Waals surface area contributed by atoms with Gasteiger partial charge in [-0.1, -0.05) is 46.8 Å². The maximum Gasteiger partial charge on any atom is 0.0579 e. The molecule has 4 saturated carbocycles. The lowest BCUT2D eigenvalue weighted by molar-refractivity contribution is -0.180. The van der Waals surface area contributed by atoms with Crippen molar-refractivity contribution in [2.45, 2.75) is 97.9 Å². The number of aliphatic hydroxyl groups excluding tert-OH is 4. The topological polar surface area (TPSA) is 80.9 Å². The zero-order chi connectivity index (χ0) is 23.4. The van der Waals surface area contributed by atoms with Gasteiger partial charge in [0.2, 0.25) is 0 Å². The Kier molecular flexibility index (Phi) is 6.93. The summed E-state index contributed by atoms with van der Waals surface area (Å²) >= 11 is 0. The van der Waals surface area contributed by atoms with Crippen LogP contribution in [0.5, 0.6) is 0 Å². The summed E-state index contributed by atoms with van der Waals surface area (Å²) in [5.41, 5.74) is 0.172. The van der Waals surface area contributed by atoms with Crippen LogP contribution in [0.1, 0.15) is 79.6 Å². The van der Waals surface area contributed by atoms with Gasteiger partial charge < -0.3 is 20.4 Å². The van der Waals surface area contributed by atoms with E-state index < -0.39 is 0 Å². The van der Waals surface area contributed by atoms with Crippen LogP contribution in [0.3, 0.4) is 0 Å². The Balaban J connectivity index is 1.57. The van der Waals surface area contributed by atoms with E-state index >= 15 is 0 Å². The molecule has 4 fully saturated rings. The second-order valence-corrected chi connectivity index (χ2v) is 12.9. The Morgan fingerprint density at radius 3 is 2.19 bits per heavy atom. The fourth-order valence-corrected chi connectivity index (χ4v) is 9.15. The van der Waals surface area contributed by atoms with Crippen LogP contribution in [0.15, 0.2) is 12.2 Å². The monoisotopic (exact) mass is 448 g/mol. The average Bonchev–Trinajstić information content (AvgIpc) is 3.00. The van der Waals surface area contributed by atoms with E-state index in [2.05, 4.69) is 46.8 Å². The molecule has 32 heavy (non-hydrogen) atoms. The van der Waals surface area contributed by atoms with Crippen molar-refractivity contribution in [3.05, 3.63) is 12.2 Å². The summed E-state index contributed by atoms with van der Waals surface area (Å²) < 4.78 is 0. The lowest BCUT2D eigenvalue weighted by atomic mass is 9.43. The highest BCUT2D eigenvalue weighted by Gasteiger charge is 2.64. The second-order valence-electron chi connectivity index (χ2n) is 12.9. The fourth-order valence-electron chi connectivity index (χ4n) is 9.15. The van der Waals surface area contributed by atoms with Crippen LogP contribution < -0.4 is 0 Å². The van der Waals surface area contributed by atoms with Crippen LogP contribution in [0.2, 0.25) is 0 Å². The van der Waals surface area contributed by atoms with Crippen LogP contribution in [0.25, 0.3) is 0 Å². The Morgan fingerprint density at radius 1 is 0.844 bits per heavy atom. The van der Waals surface area contributed by atoms with Crippen LogP contribution >= 0.6 is 0 Å². The molecule has 0 aliphatic heterocycles. The second kappa shape index (κ2) is 8.98. The minimum atomic E-state index is -0.363. The SMILES string of the molecule is CC(C)[C@H](/C=C/C(C)[C@H]1C[C@@H](O)C2C3C[C@H](O)C4C[C@@H](O)CC[C@]4(C)C3CC[C@@]21C)CO. The zero-order valence-electron chi connectivity index (χ0n) is 21.0. The standard InChI is InChI=1S/C28H48O4/c1-16(2)18(15-29)7-6-17(3)22-14-25(32)26-20-13-24(31)23-12-19(30)8-10-27(23,4)21(20)9-11-28(22,26)5/h6-7,16-26,29-32H,8-15H2,1-5H3/b7-6+/t17?,18-,19+,20?,21?,22-,23?,24+,25-,26?,27-,28-/m1/s1. The number of rotatable bonds is 5. The van der Waals surface area contributed by atoms with Gasteiger partial charge in [0.1, 0.15) is 0 Å². The molecule has 0 radical (unpaired) electrons. The van der Waals surface area contributed by atoms with Crippen molar-refractivity contribution in [2.24, 2.45) is 58.2 Å². The van der Waals surface area contributed by atoms with Crippen molar-refractivity contribution in [3.8, 4) is 0 Å². The zero-order valence-corrected chi connectivity index (χ0v) is 21.0. The Bertz CT molecular complexity index is 691. The van der Waals surface area contributed by atoms with Gasteiger partial charge in [0.15, 0.2) is 0 Å². The Hall–Kier alpha value is -0.420. The number of allylic oxidation sites excluding steroid dienone is 1. The van der Waals surface area contributed by atoms with Crippen molar-refractivity contribution in [1.29, 1.82) is 0 Å². The summed E-state index contributed by atoms with van der Waals surface area (Å²) in [6.07, 6.45) is 10.1. The van der Waals surface area contributed by atoms with Crippen molar-refractivity contribution in [2.75, 3.05) is 6.61 Å². The molecule has 0 heterocycles. The van der Waals surface area contributed by atoms with Gasteiger partial charge in [-0.05, 0) is 97.2 Å². The third-order valence-electron chi connectivity index (χ3n) is 11.1. The molecule has 5 unspecified atom stereocenters. The van der Waals surface area contributed by atoms with E-state index in [4.69, 9.17) is 0 Å². The molecule has 12 atom stereocenters. The summed E-state index contributed by atoms with van der Waals surface area (Å²) in [6, 6.07) is 0. The van der Waals surface area contributed by atoms with E-state index in [1.165, 1.54) is 6.42 Å². The third-order valence-corrected chi connectivity index (χ3v) is 11.1. The summed E-state index contributed by atoms with van der Waals surface area (Å²) in [4.78, 5) is 0. The normalized spacial score (nSPS) is 50.7. The molecule has 4 nitrogen and oxygen atoms in total. The molecule has 0 aromatic rings. The molecule has 4 heteroatoms. The van der Waals surface area contributed by atoms with Crippen LogP contribution in [0, 0.1) is 58.2 Å². The molecule has 0 aromatic carbocycles. The van der Waals surface area contributed by atoms with Gasteiger partial charge in [-0.2, -0.15) is 0 Å². The van der Waals surface area contributed by atoms with Crippen molar-refractivity contribution in [3.63, 3.8) is 0 Å². The van der Waals surface area contributed by atoms with E-state index in [1.54, 1.807) is 0 Å². The van der Waals surface area contributed by atoms with Crippen LogP contribution in [-0.2, 0) is 0 Å². The molecule has 4 aliphatic carbocycles. The molecule has 4 rings (SSSR count). The number of hydrogen-bond donors (Lipinski definition) is 4. The van der Waals surface area contributed by atoms with Crippen molar-refractivity contribution < 1.29 is 20.4 Å². The number of fused-ring (bicyclic) bond motifs is 5. The summed E-state index contributed by atoms with van der Waals surface area (Å²) in [7, 11) is 0. The first kappa shape index (κ1) is 24.7. The van der Waals surface area contributed by atoms with Gasteiger partial charge in [0.25, 0.3) is 0 Å². The van der Waals surface area contributed by atoms with Gasteiger partial charge in [-0.25, -0.2) is 0 Å². The molecular formula is C28H48O4. The quantitative estimate of drug-likeness (QED) is 0.470. The molecule has 0 amide bonds. The average molecular weight is 449 g/mol. The first-order valence-electron chi connectivity index (χ1n) is 13.4. The highest BCUT2D eigenvalue weighted by molar-refractivity contribution is 5.14. The summed E-state index contributed by atoms with van der Waals surface area (Å²) in [6.45, 7) is 11.6. The molecule has 4 aliphatic rings. The maximum absolute atomic E-state index is 11.4. The van der Waals surface area contributed by atoms with E-state index in [-0.39, 0.29) is 53.5 Å². The van der Waals surface area contributed by atoms with E-state index in [0.717, 1.165) is 38.5 Å². The van der Waals surface area contributed by atoms with Gasteiger partial charge in [0, 0.05) is 12.5 Å². The highest BCUT2D eigenvalue weighted by Crippen LogP contribution is 2.68. The predicted octanol–water partition coefficient (Wildman–Crippen LogP) is 4.40. The lowest BCUT2D eigenvalue weighted by Gasteiger charge is -2.62. The smallest absolute Gasteiger partial charge is 0.0579 e. The first-order valence-corrected chi connectivity index (χ1v) is 13.4. The van der Waals surface area contributed by atoms with E-state index in [9.17, 15) is 20.4 Å². The highest BCUT2D eigenvalue weighted by atomic mass is 16.3. The number of aliphatic hydroxyl groups is 4. The molecule has 4 N–H and O–H groups in total. The molecule has 184 valence electrons. The minimum absolute atomic E-state index is 0.0812. The minimum Gasteiger partial charge on any atom is -0.396 e. The van der Waals surface area contributed by atoms with Gasteiger partial charge in [0.05, 0.1) is 18.3 Å². The van der Waals surface area contributed by atoms with Gasteiger partial charge in [-0.15, -0.1) is 0 Å². The number of hydrogen-bond acceptors (Lipinski definition) is 4. The predicted molar refractivity (Wildman–Crippen MR) is 128 cm³/mol. The maximum atomic E-state index is 11.4. The summed E-state index contributed by atoms with van der Waals surface area (Å²) in [5.74, 6) is 2.77. The molecule has 0 aromatic heterocycles. The van der Waals surface area contributed by atoms with E-state index in [1.807, 2.05) is 0 Å². The molecule has 0 spiro atoms. The largest absolute Gasteiger partial charge is 0.396 e. The lowest BCUT2D eigenvalue weighted by Crippen LogP contribution is -2.59. The summed E-state index contributed by atoms with van der Waals surface area (Å²) in [5, 5.41) is 42.6. The Labute approximate surface area is 195 Å². The van der Waals surface area contributed by atoms with Crippen molar-refractivity contribution >= 4 is 0 Å². The molecule has 0 bridgehead atoms. The van der Waals surface area contributed by atoms with Gasteiger partial charge in [-0.3, -0.25) is 0 Å². The molecular weight excluding hydrogens is 400 g/mol.